The molecular formula is C9H17N5O3. The van der Waals surface area contributed by atoms with E-state index in [1.54, 1.807) is 6.92 Å². The van der Waals surface area contributed by atoms with Crippen LogP contribution >= 0.6 is 0 Å². The molecule has 0 aliphatic heterocycles. The molecule has 1 atom stereocenters. The number of urea groups is 1. The summed E-state index contributed by atoms with van der Waals surface area (Å²) < 4.78 is 4.69. The molecular weight excluding hydrogens is 226 g/mol. The molecule has 0 aliphatic carbocycles. The van der Waals surface area contributed by atoms with Crippen molar-refractivity contribution in [1.82, 2.24) is 10.6 Å². The number of rotatable bonds is 5. The Kier molecular flexibility index (Phi) is 7.29. The molecule has 0 fully saturated rings. The Morgan fingerprint density at radius 1 is 1.41 bits per heavy atom. The average Bonchev–Trinajstić information content (AvgIpc) is 2.16. The predicted octanol–water partition coefficient (Wildman–Crippen LogP) is 2.12. The van der Waals surface area contributed by atoms with E-state index in [4.69, 9.17) is 10.3 Å². The van der Waals surface area contributed by atoms with Crippen molar-refractivity contribution in [3.05, 3.63) is 10.4 Å². The molecule has 0 aromatic rings. The summed E-state index contributed by atoms with van der Waals surface area (Å²) in [7, 11) is 0. The van der Waals surface area contributed by atoms with E-state index in [1.165, 1.54) is 0 Å². The highest BCUT2D eigenvalue weighted by molar-refractivity contribution is 5.76. The Hall–Kier alpha value is -1.95. The summed E-state index contributed by atoms with van der Waals surface area (Å²) in [5, 5.41) is 7.69. The number of hydrogen-bond acceptors (Lipinski definition) is 3. The predicted molar refractivity (Wildman–Crippen MR) is 61.1 cm³/mol. The van der Waals surface area contributed by atoms with Gasteiger partial charge in [0.05, 0.1) is 6.61 Å². The van der Waals surface area contributed by atoms with Crippen LogP contribution in [0.25, 0.3) is 10.4 Å². The Balaban J connectivity index is 4.37. The molecule has 0 rings (SSSR count). The Labute approximate surface area is 99.3 Å². The number of ether oxygens (including phenoxy) is 1. The number of carbonyl (C=O) groups excluding carboxylic acids is 2. The molecule has 17 heavy (non-hydrogen) atoms. The number of hydrogen-bond donors (Lipinski definition) is 2. The van der Waals surface area contributed by atoms with Gasteiger partial charge >= 0.3 is 12.1 Å². The maximum absolute atomic E-state index is 11.2. The molecule has 96 valence electrons. The van der Waals surface area contributed by atoms with Crippen molar-refractivity contribution in [2.75, 3.05) is 6.61 Å². The lowest BCUT2D eigenvalue weighted by Crippen LogP contribution is -2.47. The van der Waals surface area contributed by atoms with Crippen molar-refractivity contribution < 1.29 is 14.3 Å². The normalized spacial score (nSPS) is 11.3. The average molecular weight is 243 g/mol. The summed E-state index contributed by atoms with van der Waals surface area (Å²) in [5.41, 5.74) is 8.08. The van der Waals surface area contributed by atoms with Crippen LogP contribution in [-0.2, 0) is 4.74 Å². The van der Waals surface area contributed by atoms with Crippen LogP contribution in [0.1, 0.15) is 27.2 Å². The first-order valence-electron chi connectivity index (χ1n) is 5.28. The quantitative estimate of drug-likeness (QED) is 0.333. The van der Waals surface area contributed by atoms with Gasteiger partial charge in [0, 0.05) is 10.0 Å². The first-order valence-corrected chi connectivity index (χ1v) is 5.28. The molecule has 8 nitrogen and oxygen atoms in total. The first-order chi connectivity index (χ1) is 7.99. The summed E-state index contributed by atoms with van der Waals surface area (Å²) in [5.74, 6) is 0.244. The van der Waals surface area contributed by atoms with Gasteiger partial charge in [0.1, 0.15) is 6.17 Å². The van der Waals surface area contributed by atoms with Gasteiger partial charge in [0.2, 0.25) is 0 Å². The number of nitrogens with zero attached hydrogens (tertiary/aromatic N) is 3. The summed E-state index contributed by atoms with van der Waals surface area (Å²) in [6, 6.07) is -0.838. The molecule has 2 N–H and O–H groups in total. The van der Waals surface area contributed by atoms with Gasteiger partial charge in [-0.25, -0.2) is 4.79 Å². The monoisotopic (exact) mass is 243 g/mol. The maximum atomic E-state index is 11.2. The summed E-state index contributed by atoms with van der Waals surface area (Å²) >= 11 is 0. The highest BCUT2D eigenvalue weighted by Crippen LogP contribution is 2.03. The third-order valence-corrected chi connectivity index (χ3v) is 1.71. The number of azide groups is 1. The van der Waals surface area contributed by atoms with E-state index < -0.39 is 18.3 Å². The molecule has 0 heterocycles. The maximum Gasteiger partial charge on any atom is 0.408 e. The van der Waals surface area contributed by atoms with Crippen LogP contribution in [0.5, 0.6) is 0 Å². The fraction of sp³-hybridized carbons (Fsp3) is 0.778. The molecule has 8 heteroatoms. The lowest BCUT2D eigenvalue weighted by Gasteiger charge is -2.20. The minimum Gasteiger partial charge on any atom is -0.450 e. The second-order valence-corrected chi connectivity index (χ2v) is 3.69. The number of amides is 3. The lowest BCUT2D eigenvalue weighted by atomic mass is 10.1. The van der Waals surface area contributed by atoms with Crippen LogP contribution in [0, 0.1) is 5.92 Å². The van der Waals surface area contributed by atoms with Crippen molar-refractivity contribution in [2.24, 2.45) is 11.0 Å². The van der Waals surface area contributed by atoms with Crippen molar-refractivity contribution in [1.29, 1.82) is 0 Å². The molecule has 3 amide bonds. The molecule has 0 aromatic carbocycles. The second-order valence-electron chi connectivity index (χ2n) is 3.69. The number of nitrogens with one attached hydrogen (secondary N) is 2. The van der Waals surface area contributed by atoms with Gasteiger partial charge in [-0.15, -0.1) is 0 Å². The third kappa shape index (κ3) is 7.92. The van der Waals surface area contributed by atoms with E-state index in [9.17, 15) is 9.59 Å². The Bertz CT molecular complexity index is 312. The van der Waals surface area contributed by atoms with Crippen LogP contribution < -0.4 is 10.6 Å². The topological polar surface area (TPSA) is 116 Å². The van der Waals surface area contributed by atoms with E-state index in [1.807, 2.05) is 13.8 Å². The third-order valence-electron chi connectivity index (χ3n) is 1.71. The van der Waals surface area contributed by atoms with Gasteiger partial charge in [-0.3, -0.25) is 4.79 Å². The lowest BCUT2D eigenvalue weighted by molar-refractivity contribution is 0.144. The molecule has 0 radical (unpaired) electrons. The van der Waals surface area contributed by atoms with Crippen molar-refractivity contribution in [3.63, 3.8) is 0 Å². The van der Waals surface area contributed by atoms with E-state index in [0.717, 1.165) is 0 Å². The molecule has 0 saturated carbocycles. The zero-order valence-electron chi connectivity index (χ0n) is 10.1. The largest absolute Gasteiger partial charge is 0.450 e. The smallest absolute Gasteiger partial charge is 0.408 e. The van der Waals surface area contributed by atoms with E-state index in [0.29, 0.717) is 6.42 Å². The fourth-order valence-corrected chi connectivity index (χ4v) is 1.16. The molecule has 0 bridgehead atoms. The zero-order valence-corrected chi connectivity index (χ0v) is 10.1. The number of alkyl carbamates (subject to hydrolysis) is 1. The van der Waals surface area contributed by atoms with Gasteiger partial charge in [0.25, 0.3) is 0 Å². The minimum absolute atomic E-state index is 0.241. The standard InChI is InChI=1S/C9H17N5O3/c1-4-17-9(16)12-7(5-6(2)3)11-8(15)13-14-10/h6-7H,4-5H2,1-3H3,(H,11,15)(H,12,16). The van der Waals surface area contributed by atoms with Gasteiger partial charge in [-0.1, -0.05) is 13.8 Å². The van der Waals surface area contributed by atoms with Crippen molar-refractivity contribution in [2.45, 2.75) is 33.4 Å². The fourth-order valence-electron chi connectivity index (χ4n) is 1.16. The van der Waals surface area contributed by atoms with Crippen molar-refractivity contribution >= 4 is 12.1 Å². The molecule has 0 spiro atoms. The second kappa shape index (κ2) is 8.23. The van der Waals surface area contributed by atoms with Gasteiger partial charge in [0.15, 0.2) is 0 Å². The van der Waals surface area contributed by atoms with Crippen LogP contribution in [0.2, 0.25) is 0 Å². The van der Waals surface area contributed by atoms with Crippen LogP contribution in [-0.4, -0.2) is 24.9 Å². The van der Waals surface area contributed by atoms with Crippen LogP contribution in [0.15, 0.2) is 5.11 Å². The highest BCUT2D eigenvalue weighted by atomic mass is 16.5. The van der Waals surface area contributed by atoms with Gasteiger partial charge < -0.3 is 15.4 Å². The Morgan fingerprint density at radius 2 is 2.06 bits per heavy atom. The van der Waals surface area contributed by atoms with Crippen LogP contribution in [0.3, 0.4) is 0 Å². The minimum atomic E-state index is -0.838. The van der Waals surface area contributed by atoms with E-state index in [2.05, 4.69) is 20.7 Å². The molecule has 0 saturated heterocycles. The molecule has 0 aromatic heterocycles. The van der Waals surface area contributed by atoms with Crippen LogP contribution in [0.4, 0.5) is 9.59 Å². The number of carbonyl (C=O) groups is 2. The molecule has 0 aliphatic rings. The first kappa shape index (κ1) is 15.0. The van der Waals surface area contributed by atoms with E-state index >= 15 is 0 Å². The van der Waals surface area contributed by atoms with Gasteiger partial charge in [-0.05, 0) is 24.8 Å². The van der Waals surface area contributed by atoms with E-state index in [-0.39, 0.29) is 12.5 Å². The SMILES string of the molecule is CCOC(=O)NC(CC(C)C)NC(=O)N=[N+]=[N-]. The molecule has 1 unspecified atom stereocenters. The summed E-state index contributed by atoms with van der Waals surface area (Å²) in [4.78, 5) is 24.6. The summed E-state index contributed by atoms with van der Waals surface area (Å²) in [6.07, 6.45) is -0.739. The highest BCUT2D eigenvalue weighted by Gasteiger charge is 2.16. The van der Waals surface area contributed by atoms with Gasteiger partial charge in [-0.2, -0.15) is 0 Å². The van der Waals surface area contributed by atoms with Crippen molar-refractivity contribution in [3.8, 4) is 0 Å². The zero-order chi connectivity index (χ0) is 13.3. The Morgan fingerprint density at radius 3 is 2.53 bits per heavy atom. The summed E-state index contributed by atoms with van der Waals surface area (Å²) in [6.45, 7) is 5.78.